The van der Waals surface area contributed by atoms with Crippen molar-refractivity contribution < 1.29 is 9.18 Å². The van der Waals surface area contributed by atoms with Crippen molar-refractivity contribution in [3.05, 3.63) is 89.5 Å². The molecule has 0 N–H and O–H groups in total. The molecule has 1 aliphatic rings. The zero-order valence-electron chi connectivity index (χ0n) is 17.2. The van der Waals surface area contributed by atoms with Gasteiger partial charge in [0.05, 0.1) is 6.54 Å². The van der Waals surface area contributed by atoms with Crippen LogP contribution in [0.2, 0.25) is 0 Å². The third kappa shape index (κ3) is 4.76. The monoisotopic (exact) mass is 406 g/mol. The lowest BCUT2D eigenvalue weighted by molar-refractivity contribution is 0.0607. The number of hydrogen-bond acceptors (Lipinski definition) is 3. The van der Waals surface area contributed by atoms with Gasteiger partial charge in [-0.2, -0.15) is 5.10 Å². The minimum Gasteiger partial charge on any atom is -0.337 e. The molecular formula is C24H27FN4O. The maximum absolute atomic E-state index is 14.0. The van der Waals surface area contributed by atoms with Crippen LogP contribution in [0, 0.1) is 5.82 Å². The molecule has 1 atom stereocenters. The summed E-state index contributed by atoms with van der Waals surface area (Å²) in [6.45, 7) is 2.89. The van der Waals surface area contributed by atoms with Crippen LogP contribution >= 0.6 is 0 Å². The molecule has 6 heteroatoms. The fraction of sp³-hybridized carbons (Fsp3) is 0.333. The second kappa shape index (κ2) is 9.22. The van der Waals surface area contributed by atoms with Crippen LogP contribution in [-0.2, 0) is 13.1 Å². The summed E-state index contributed by atoms with van der Waals surface area (Å²) in [6.07, 6.45) is 5.62. The Morgan fingerprint density at radius 2 is 2.03 bits per heavy atom. The summed E-state index contributed by atoms with van der Waals surface area (Å²) in [5.74, 6) is -0.145. The van der Waals surface area contributed by atoms with Crippen LogP contribution < -0.4 is 0 Å². The first-order valence-corrected chi connectivity index (χ1v) is 10.4. The molecule has 4 rings (SSSR count). The molecule has 5 nitrogen and oxygen atoms in total. The van der Waals surface area contributed by atoms with Crippen molar-refractivity contribution in [1.29, 1.82) is 0 Å². The quantitative estimate of drug-likeness (QED) is 0.625. The molecule has 1 unspecified atom stereocenters. The summed E-state index contributed by atoms with van der Waals surface area (Å²) in [7, 11) is 1.87. The minimum absolute atomic E-state index is 0.0232. The summed E-state index contributed by atoms with van der Waals surface area (Å²) in [6, 6.07) is 16.7. The summed E-state index contributed by atoms with van der Waals surface area (Å²) in [5, 5.41) is 4.23. The number of likely N-dealkylation sites (N-methyl/N-ethyl adjacent to an activating group) is 1. The number of carbonyl (C=O) groups excluding carboxylic acids is 1. The van der Waals surface area contributed by atoms with Crippen molar-refractivity contribution >= 4 is 5.91 Å². The van der Waals surface area contributed by atoms with Gasteiger partial charge in [0.1, 0.15) is 5.82 Å². The van der Waals surface area contributed by atoms with E-state index in [0.29, 0.717) is 24.2 Å². The molecule has 1 fully saturated rings. The Kier molecular flexibility index (Phi) is 6.23. The molecule has 1 saturated heterocycles. The van der Waals surface area contributed by atoms with Crippen molar-refractivity contribution in [3.8, 4) is 0 Å². The Bertz CT molecular complexity index is 988. The van der Waals surface area contributed by atoms with Gasteiger partial charge in [0, 0.05) is 49.7 Å². The molecule has 30 heavy (non-hydrogen) atoms. The Morgan fingerprint density at radius 1 is 1.17 bits per heavy atom. The van der Waals surface area contributed by atoms with Gasteiger partial charge in [-0.25, -0.2) is 4.39 Å². The van der Waals surface area contributed by atoms with Gasteiger partial charge in [-0.1, -0.05) is 30.3 Å². The summed E-state index contributed by atoms with van der Waals surface area (Å²) >= 11 is 0. The third-order valence-corrected chi connectivity index (χ3v) is 5.78. The van der Waals surface area contributed by atoms with Gasteiger partial charge >= 0.3 is 0 Å². The van der Waals surface area contributed by atoms with Crippen LogP contribution in [0.1, 0.15) is 34.3 Å². The topological polar surface area (TPSA) is 41.4 Å². The van der Waals surface area contributed by atoms with Gasteiger partial charge in [0.25, 0.3) is 5.91 Å². The standard InChI is InChI=1S/C24H27FN4O/c1-27(22-10-5-13-28(18-22)17-21-8-2-3-11-23(21)25)24(30)20-9-4-7-19(15-20)16-29-14-6-12-26-29/h2-4,6-9,11-12,14-15,22H,5,10,13,16-18H2,1H3. The number of piperidine rings is 1. The summed E-state index contributed by atoms with van der Waals surface area (Å²) < 4.78 is 15.9. The number of rotatable bonds is 6. The molecule has 0 saturated carbocycles. The molecule has 1 aliphatic heterocycles. The highest BCUT2D eigenvalue weighted by Crippen LogP contribution is 2.20. The molecule has 1 amide bonds. The number of likely N-dealkylation sites (tertiary alicyclic amines) is 1. The zero-order valence-corrected chi connectivity index (χ0v) is 17.2. The summed E-state index contributed by atoms with van der Waals surface area (Å²) in [4.78, 5) is 17.2. The van der Waals surface area contributed by atoms with Gasteiger partial charge in [-0.3, -0.25) is 14.4 Å². The van der Waals surface area contributed by atoms with E-state index in [1.807, 2.05) is 65.3 Å². The molecule has 1 aromatic heterocycles. The Morgan fingerprint density at radius 3 is 2.83 bits per heavy atom. The fourth-order valence-corrected chi connectivity index (χ4v) is 4.11. The Labute approximate surface area is 176 Å². The molecule has 0 bridgehead atoms. The second-order valence-electron chi connectivity index (χ2n) is 7.94. The van der Waals surface area contributed by atoms with E-state index in [4.69, 9.17) is 0 Å². The van der Waals surface area contributed by atoms with Crippen molar-refractivity contribution in [2.45, 2.75) is 32.0 Å². The Balaban J connectivity index is 1.41. The molecule has 0 radical (unpaired) electrons. The van der Waals surface area contributed by atoms with E-state index < -0.39 is 0 Å². The van der Waals surface area contributed by atoms with Crippen LogP contribution in [0.4, 0.5) is 4.39 Å². The average molecular weight is 407 g/mol. The largest absolute Gasteiger partial charge is 0.337 e. The van der Waals surface area contributed by atoms with Crippen molar-refractivity contribution in [2.24, 2.45) is 0 Å². The van der Waals surface area contributed by atoms with E-state index in [1.165, 1.54) is 6.07 Å². The van der Waals surface area contributed by atoms with Gasteiger partial charge in [-0.05, 0) is 49.2 Å². The first-order chi connectivity index (χ1) is 14.6. The van der Waals surface area contributed by atoms with Crippen molar-refractivity contribution in [1.82, 2.24) is 19.6 Å². The number of nitrogens with zero attached hydrogens (tertiary/aromatic N) is 4. The number of benzene rings is 2. The minimum atomic E-state index is -0.168. The molecule has 3 aromatic rings. The zero-order chi connectivity index (χ0) is 20.9. The van der Waals surface area contributed by atoms with E-state index in [-0.39, 0.29) is 17.8 Å². The first-order valence-electron chi connectivity index (χ1n) is 10.4. The van der Waals surface area contributed by atoms with Gasteiger partial charge in [-0.15, -0.1) is 0 Å². The number of carbonyl (C=O) groups is 1. The molecule has 0 aliphatic carbocycles. The molecule has 2 aromatic carbocycles. The van der Waals surface area contributed by atoms with Crippen LogP contribution in [0.25, 0.3) is 0 Å². The van der Waals surface area contributed by atoms with Crippen molar-refractivity contribution in [2.75, 3.05) is 20.1 Å². The lowest BCUT2D eigenvalue weighted by atomic mass is 10.0. The normalized spacial score (nSPS) is 17.1. The van der Waals surface area contributed by atoms with E-state index in [2.05, 4.69) is 10.00 Å². The fourth-order valence-electron chi connectivity index (χ4n) is 4.11. The van der Waals surface area contributed by atoms with Crippen LogP contribution in [-0.4, -0.2) is 51.7 Å². The lowest BCUT2D eigenvalue weighted by Crippen LogP contribution is -2.48. The highest BCUT2D eigenvalue weighted by atomic mass is 19.1. The third-order valence-electron chi connectivity index (χ3n) is 5.78. The molecule has 2 heterocycles. The second-order valence-corrected chi connectivity index (χ2v) is 7.94. The summed E-state index contributed by atoms with van der Waals surface area (Å²) in [5.41, 5.74) is 2.44. The maximum atomic E-state index is 14.0. The number of amides is 1. The van der Waals surface area contributed by atoms with Gasteiger partial charge in [0.15, 0.2) is 0 Å². The van der Waals surface area contributed by atoms with Gasteiger partial charge < -0.3 is 4.90 Å². The van der Waals surface area contributed by atoms with Crippen LogP contribution in [0.5, 0.6) is 0 Å². The predicted molar refractivity (Wildman–Crippen MR) is 115 cm³/mol. The molecular weight excluding hydrogens is 379 g/mol. The molecule has 0 spiro atoms. The maximum Gasteiger partial charge on any atom is 0.253 e. The van der Waals surface area contributed by atoms with E-state index in [1.54, 1.807) is 12.3 Å². The number of halogens is 1. The lowest BCUT2D eigenvalue weighted by Gasteiger charge is -2.37. The SMILES string of the molecule is CN(C(=O)c1cccc(Cn2cccn2)c1)C1CCCN(Cc2ccccc2F)C1. The van der Waals surface area contributed by atoms with E-state index >= 15 is 0 Å². The van der Waals surface area contributed by atoms with Crippen LogP contribution in [0.3, 0.4) is 0 Å². The number of aromatic nitrogens is 2. The first kappa shape index (κ1) is 20.3. The molecule has 156 valence electrons. The smallest absolute Gasteiger partial charge is 0.253 e. The van der Waals surface area contributed by atoms with E-state index in [9.17, 15) is 9.18 Å². The number of hydrogen-bond donors (Lipinski definition) is 0. The highest BCUT2D eigenvalue weighted by Gasteiger charge is 2.27. The average Bonchev–Trinajstić information content (AvgIpc) is 3.28. The van der Waals surface area contributed by atoms with E-state index in [0.717, 1.165) is 31.5 Å². The predicted octanol–water partition coefficient (Wildman–Crippen LogP) is 3.81. The highest BCUT2D eigenvalue weighted by molar-refractivity contribution is 5.94. The Hall–Kier alpha value is -2.99. The van der Waals surface area contributed by atoms with Crippen molar-refractivity contribution in [3.63, 3.8) is 0 Å². The van der Waals surface area contributed by atoms with Gasteiger partial charge in [0.2, 0.25) is 0 Å². The van der Waals surface area contributed by atoms with Crippen LogP contribution in [0.15, 0.2) is 67.0 Å².